The summed E-state index contributed by atoms with van der Waals surface area (Å²) in [4.78, 5) is 29.9. The van der Waals surface area contributed by atoms with Gasteiger partial charge in [-0.3, -0.25) is 14.6 Å². The lowest BCUT2D eigenvalue weighted by Gasteiger charge is -2.19. The van der Waals surface area contributed by atoms with Gasteiger partial charge in [-0.2, -0.15) is 5.26 Å². The molecule has 1 saturated heterocycles. The number of halogens is 2. The highest BCUT2D eigenvalue weighted by molar-refractivity contribution is 6.00. The molecule has 0 radical (unpaired) electrons. The van der Waals surface area contributed by atoms with Crippen molar-refractivity contribution in [3.05, 3.63) is 53.3 Å². The summed E-state index contributed by atoms with van der Waals surface area (Å²) in [6, 6.07) is 7.70. The molecule has 33 heavy (non-hydrogen) atoms. The Morgan fingerprint density at radius 2 is 2.21 bits per heavy atom. The van der Waals surface area contributed by atoms with Crippen molar-refractivity contribution in [1.29, 1.82) is 5.26 Å². The Bertz CT molecular complexity index is 1150. The van der Waals surface area contributed by atoms with E-state index in [2.05, 4.69) is 15.6 Å². The van der Waals surface area contributed by atoms with Crippen LogP contribution in [0.4, 0.5) is 14.5 Å². The van der Waals surface area contributed by atoms with E-state index in [1.54, 1.807) is 18.2 Å². The summed E-state index contributed by atoms with van der Waals surface area (Å²) in [5.41, 5.74) is 2.56. The number of pyridine rings is 1. The number of hydrogen-bond donors (Lipinski definition) is 2. The number of amides is 2. The monoisotopic (exact) mass is 453 g/mol. The lowest BCUT2D eigenvalue weighted by molar-refractivity contribution is -0.131. The Kier molecular flexibility index (Phi) is 6.22. The predicted octanol–water partition coefficient (Wildman–Crippen LogP) is 2.55. The van der Waals surface area contributed by atoms with Gasteiger partial charge in [-0.05, 0) is 23.8 Å². The van der Waals surface area contributed by atoms with Gasteiger partial charge in [0.25, 0.3) is 11.8 Å². The fourth-order valence-electron chi connectivity index (χ4n) is 3.73. The molecule has 1 unspecified atom stereocenters. The number of nitriles is 1. The number of nitrogens with one attached hydrogen (secondary N) is 2. The minimum absolute atomic E-state index is 0.272. The van der Waals surface area contributed by atoms with Crippen molar-refractivity contribution in [1.82, 2.24) is 15.2 Å². The zero-order valence-corrected chi connectivity index (χ0v) is 17.6. The molecular formula is C23H21F2N5O3. The van der Waals surface area contributed by atoms with Crippen LogP contribution in [-0.4, -0.2) is 59.9 Å². The van der Waals surface area contributed by atoms with Gasteiger partial charge in [0, 0.05) is 36.5 Å². The topological polar surface area (TPSA) is 107 Å². The summed E-state index contributed by atoms with van der Waals surface area (Å²) in [6.45, 7) is 0.00309. The number of nitrogens with zero attached hydrogens (tertiary/aromatic N) is 3. The Hall–Kier alpha value is -4.00. The number of fused-ring (bicyclic) bond motifs is 1. The molecule has 2 aromatic rings. The van der Waals surface area contributed by atoms with Crippen LogP contribution in [0, 0.1) is 11.3 Å². The van der Waals surface area contributed by atoms with Crippen LogP contribution in [0.15, 0.2) is 36.7 Å². The van der Waals surface area contributed by atoms with Gasteiger partial charge in [0.15, 0.2) is 0 Å². The van der Waals surface area contributed by atoms with E-state index in [0.29, 0.717) is 12.2 Å². The van der Waals surface area contributed by atoms with E-state index in [1.807, 2.05) is 18.2 Å². The molecule has 170 valence electrons. The van der Waals surface area contributed by atoms with Crippen LogP contribution in [0.5, 0.6) is 5.75 Å². The average molecular weight is 453 g/mol. The van der Waals surface area contributed by atoms with E-state index in [9.17, 15) is 18.4 Å². The fraction of sp³-hybridized carbons (Fsp3) is 0.304. The molecule has 8 nitrogen and oxygen atoms in total. The summed E-state index contributed by atoms with van der Waals surface area (Å²) in [5.74, 6) is -3.65. The maximum absolute atomic E-state index is 13.6. The molecular weight excluding hydrogens is 432 g/mol. The molecule has 2 N–H and O–H groups in total. The number of carbonyl (C=O) groups is 2. The summed E-state index contributed by atoms with van der Waals surface area (Å²) >= 11 is 0. The smallest absolute Gasteiger partial charge is 0.268 e. The molecule has 1 fully saturated rings. The molecule has 0 bridgehead atoms. The third-order valence-corrected chi connectivity index (χ3v) is 5.37. The molecule has 2 aliphatic rings. The Labute approximate surface area is 188 Å². The third kappa shape index (κ3) is 5.09. The molecule has 0 spiro atoms. The third-order valence-electron chi connectivity index (χ3n) is 5.37. The van der Waals surface area contributed by atoms with Crippen molar-refractivity contribution in [2.45, 2.75) is 18.4 Å². The first kappa shape index (κ1) is 22.2. The highest BCUT2D eigenvalue weighted by atomic mass is 19.3. The number of aromatic nitrogens is 1. The van der Waals surface area contributed by atoms with Crippen LogP contribution < -0.4 is 15.4 Å². The summed E-state index contributed by atoms with van der Waals surface area (Å²) in [7, 11) is 0. The van der Waals surface area contributed by atoms with Crippen LogP contribution in [-0.2, 0) is 4.79 Å². The molecule has 4 rings (SSSR count). The minimum Gasteiger partial charge on any atom is -0.490 e. The second-order valence-corrected chi connectivity index (χ2v) is 7.74. The van der Waals surface area contributed by atoms with Crippen LogP contribution in [0.25, 0.3) is 12.2 Å². The van der Waals surface area contributed by atoms with Gasteiger partial charge in [0.05, 0.1) is 24.8 Å². The average Bonchev–Trinajstić information content (AvgIpc) is 3.15. The molecule has 0 saturated carbocycles. The lowest BCUT2D eigenvalue weighted by Crippen LogP contribution is -2.43. The van der Waals surface area contributed by atoms with Gasteiger partial charge >= 0.3 is 0 Å². The second-order valence-electron chi connectivity index (χ2n) is 7.74. The van der Waals surface area contributed by atoms with Crippen LogP contribution in [0.3, 0.4) is 0 Å². The standard InChI is InChI=1S/C23H21F2N5O3/c24-23(25)10-17(11-26)30(14-23)21(31)13-29-22(32)18-5-6-27-12-16(18)3-1-15-2-4-19-20(9-15)33-8-7-28-19/h1-6,9,12,17,28H,7-8,10,13-14H2,(H,29,32). The number of anilines is 1. The Morgan fingerprint density at radius 3 is 3.03 bits per heavy atom. The Balaban J connectivity index is 1.43. The summed E-state index contributed by atoms with van der Waals surface area (Å²) in [5, 5.41) is 14.7. The molecule has 2 aliphatic heterocycles. The zero-order chi connectivity index (χ0) is 23.4. The van der Waals surface area contributed by atoms with Gasteiger partial charge in [0.1, 0.15) is 18.4 Å². The van der Waals surface area contributed by atoms with Crippen molar-refractivity contribution in [2.75, 3.05) is 31.6 Å². The quantitative estimate of drug-likeness (QED) is 0.721. The first-order valence-corrected chi connectivity index (χ1v) is 10.3. The number of hydrogen-bond acceptors (Lipinski definition) is 6. The SMILES string of the molecule is N#CC1CC(F)(F)CN1C(=O)CNC(=O)c1ccncc1C=Cc1ccc2c(c1)OCCN2. The first-order valence-electron chi connectivity index (χ1n) is 10.3. The fourth-order valence-corrected chi connectivity index (χ4v) is 3.73. The molecule has 2 amide bonds. The van der Waals surface area contributed by atoms with E-state index in [-0.39, 0.29) is 5.56 Å². The van der Waals surface area contributed by atoms with Crippen LogP contribution >= 0.6 is 0 Å². The Morgan fingerprint density at radius 1 is 1.36 bits per heavy atom. The number of likely N-dealkylation sites (tertiary alicyclic amines) is 1. The predicted molar refractivity (Wildman–Crippen MR) is 117 cm³/mol. The highest BCUT2D eigenvalue weighted by Gasteiger charge is 2.47. The van der Waals surface area contributed by atoms with Gasteiger partial charge in [-0.1, -0.05) is 18.2 Å². The number of carbonyl (C=O) groups excluding carboxylic acids is 2. The van der Waals surface area contributed by atoms with Gasteiger partial charge < -0.3 is 20.3 Å². The van der Waals surface area contributed by atoms with Crippen molar-refractivity contribution in [3.63, 3.8) is 0 Å². The van der Waals surface area contributed by atoms with Crippen molar-refractivity contribution < 1.29 is 23.1 Å². The zero-order valence-electron chi connectivity index (χ0n) is 17.6. The van der Waals surface area contributed by atoms with E-state index in [0.717, 1.165) is 28.4 Å². The van der Waals surface area contributed by atoms with E-state index >= 15 is 0 Å². The maximum atomic E-state index is 13.6. The number of benzene rings is 1. The maximum Gasteiger partial charge on any atom is 0.268 e. The van der Waals surface area contributed by atoms with Crippen molar-refractivity contribution in [3.8, 4) is 11.8 Å². The summed E-state index contributed by atoms with van der Waals surface area (Å²) in [6.07, 6.45) is 5.78. The first-order chi connectivity index (χ1) is 15.9. The van der Waals surface area contributed by atoms with Crippen molar-refractivity contribution >= 4 is 29.7 Å². The summed E-state index contributed by atoms with van der Waals surface area (Å²) < 4.78 is 32.8. The number of alkyl halides is 2. The van der Waals surface area contributed by atoms with Gasteiger partial charge in [-0.15, -0.1) is 0 Å². The molecule has 1 aromatic carbocycles. The van der Waals surface area contributed by atoms with Gasteiger partial charge in [0.2, 0.25) is 5.91 Å². The number of ether oxygens (including phenoxy) is 1. The molecule has 1 atom stereocenters. The van der Waals surface area contributed by atoms with Crippen LogP contribution in [0.1, 0.15) is 27.9 Å². The normalized spacial score (nSPS) is 18.7. The molecule has 10 heteroatoms. The lowest BCUT2D eigenvalue weighted by atomic mass is 10.1. The van der Waals surface area contributed by atoms with Crippen LogP contribution in [0.2, 0.25) is 0 Å². The van der Waals surface area contributed by atoms with Crippen molar-refractivity contribution in [2.24, 2.45) is 0 Å². The number of rotatable bonds is 5. The largest absolute Gasteiger partial charge is 0.490 e. The van der Waals surface area contributed by atoms with E-state index < -0.39 is 43.3 Å². The van der Waals surface area contributed by atoms with E-state index in [4.69, 9.17) is 10.00 Å². The molecule has 0 aliphatic carbocycles. The molecule has 1 aromatic heterocycles. The minimum atomic E-state index is -3.11. The molecule has 3 heterocycles. The van der Waals surface area contributed by atoms with E-state index in [1.165, 1.54) is 18.5 Å². The second kappa shape index (κ2) is 9.24. The highest BCUT2D eigenvalue weighted by Crippen LogP contribution is 2.31. The van der Waals surface area contributed by atoms with Gasteiger partial charge in [-0.25, -0.2) is 8.78 Å².